The first kappa shape index (κ1) is 15.5. The number of ketones is 1. The lowest BCUT2D eigenvalue weighted by Gasteiger charge is -2.32. The number of carbonyl (C=O) groups excluding carboxylic acids is 3. The van der Waals surface area contributed by atoms with Gasteiger partial charge < -0.3 is 16.3 Å². The largest absolute Gasteiger partial charge is 0.399 e. The van der Waals surface area contributed by atoms with Gasteiger partial charge in [-0.1, -0.05) is 35.5 Å². The zero-order chi connectivity index (χ0) is 16.3. The predicted molar refractivity (Wildman–Crippen MR) is 78.0 cm³/mol. The minimum atomic E-state index is -1.88. The molecule has 0 radical (unpaired) electrons. The number of nitrogens with zero attached hydrogens (tertiary/aromatic N) is 2. The molecule has 1 saturated heterocycles. The van der Waals surface area contributed by atoms with Crippen LogP contribution in [0.4, 0.5) is 4.79 Å². The number of Topliss-reactive ketones (excluding diaryl/α,β-unsaturated/α-hetero) is 1. The summed E-state index contributed by atoms with van der Waals surface area (Å²) in [6.45, 7) is -0.0926. The van der Waals surface area contributed by atoms with Crippen LogP contribution in [0, 0.1) is 0 Å². The van der Waals surface area contributed by atoms with Gasteiger partial charge in [-0.2, -0.15) is 0 Å². The third-order valence-electron chi connectivity index (χ3n) is 3.57. The zero-order valence-corrected chi connectivity index (χ0v) is 12.0. The standard InChI is InChI=1S/C14H16N4O4/c1-22-17-10-7-14(12(15)20,18(8-10)13(16)21)11(19)9-5-3-2-4-6-9/h2-6H,7-8H2,1H3,(H2,15,20)(H2,16,21)/b17-10+. The normalized spacial score (nSPS) is 22.6. The number of urea groups is 1. The van der Waals surface area contributed by atoms with Crippen molar-refractivity contribution in [3.05, 3.63) is 35.9 Å². The highest BCUT2D eigenvalue weighted by Crippen LogP contribution is 2.31. The lowest BCUT2D eigenvalue weighted by molar-refractivity contribution is -0.124. The van der Waals surface area contributed by atoms with E-state index < -0.39 is 23.3 Å². The first-order chi connectivity index (χ1) is 10.4. The summed E-state index contributed by atoms with van der Waals surface area (Å²) in [5.74, 6) is -1.55. The molecule has 1 unspecified atom stereocenters. The van der Waals surface area contributed by atoms with Crippen LogP contribution in [-0.2, 0) is 9.63 Å². The summed E-state index contributed by atoms with van der Waals surface area (Å²) >= 11 is 0. The number of primary amides is 2. The lowest BCUT2D eigenvalue weighted by atomic mass is 9.85. The van der Waals surface area contributed by atoms with E-state index in [1.165, 1.54) is 19.2 Å². The molecule has 4 N–H and O–H groups in total. The maximum atomic E-state index is 12.8. The highest BCUT2D eigenvalue weighted by atomic mass is 16.6. The Balaban J connectivity index is 2.55. The SMILES string of the molecule is CO/N=C1/CN(C(N)=O)C(C(N)=O)(C(=O)c2ccccc2)C1. The average molecular weight is 304 g/mol. The molecule has 1 fully saturated rings. The first-order valence-corrected chi connectivity index (χ1v) is 6.49. The molecule has 1 aromatic rings. The zero-order valence-electron chi connectivity index (χ0n) is 12.0. The van der Waals surface area contributed by atoms with Gasteiger partial charge in [0.1, 0.15) is 7.11 Å². The van der Waals surface area contributed by atoms with E-state index in [0.29, 0.717) is 5.71 Å². The first-order valence-electron chi connectivity index (χ1n) is 6.49. The molecule has 8 heteroatoms. The van der Waals surface area contributed by atoms with Gasteiger partial charge in [-0.15, -0.1) is 0 Å². The molecule has 1 aliphatic rings. The summed E-state index contributed by atoms with van der Waals surface area (Å²) in [7, 11) is 1.32. The topological polar surface area (TPSA) is 128 Å². The fraction of sp³-hybridized carbons (Fsp3) is 0.286. The maximum absolute atomic E-state index is 12.8. The van der Waals surface area contributed by atoms with Crippen molar-refractivity contribution in [2.24, 2.45) is 16.6 Å². The monoisotopic (exact) mass is 304 g/mol. The second-order valence-electron chi connectivity index (χ2n) is 4.86. The second kappa shape index (κ2) is 5.84. The summed E-state index contributed by atoms with van der Waals surface area (Å²) in [5.41, 5.74) is 9.48. The minimum Gasteiger partial charge on any atom is -0.399 e. The van der Waals surface area contributed by atoms with Gasteiger partial charge in [-0.25, -0.2) is 4.79 Å². The van der Waals surface area contributed by atoms with E-state index in [2.05, 4.69) is 9.99 Å². The van der Waals surface area contributed by atoms with Crippen molar-refractivity contribution < 1.29 is 19.2 Å². The molecule has 8 nitrogen and oxygen atoms in total. The Hall–Kier alpha value is -2.90. The smallest absolute Gasteiger partial charge is 0.316 e. The Morgan fingerprint density at radius 2 is 1.86 bits per heavy atom. The van der Waals surface area contributed by atoms with Crippen LogP contribution >= 0.6 is 0 Å². The predicted octanol–water partition coefficient (Wildman–Crippen LogP) is -0.120. The second-order valence-corrected chi connectivity index (χ2v) is 4.86. The van der Waals surface area contributed by atoms with Crippen molar-refractivity contribution in [1.29, 1.82) is 0 Å². The molecule has 0 saturated carbocycles. The van der Waals surface area contributed by atoms with Crippen molar-refractivity contribution in [3.63, 3.8) is 0 Å². The highest BCUT2D eigenvalue weighted by molar-refractivity contribution is 6.23. The van der Waals surface area contributed by atoms with Gasteiger partial charge in [0.15, 0.2) is 11.3 Å². The van der Waals surface area contributed by atoms with E-state index in [0.717, 1.165) is 4.90 Å². The molecule has 2 rings (SSSR count). The van der Waals surface area contributed by atoms with Gasteiger partial charge in [-0.3, -0.25) is 14.5 Å². The third kappa shape index (κ3) is 2.39. The molecule has 3 amide bonds. The number of amides is 3. The number of nitrogens with two attached hydrogens (primary N) is 2. The summed E-state index contributed by atoms with van der Waals surface area (Å²) in [5, 5.41) is 3.72. The van der Waals surface area contributed by atoms with Crippen molar-refractivity contribution in [2.75, 3.05) is 13.7 Å². The van der Waals surface area contributed by atoms with Crippen molar-refractivity contribution in [1.82, 2.24) is 4.90 Å². The number of carbonyl (C=O) groups is 3. The molecule has 116 valence electrons. The molecule has 0 aromatic heterocycles. The van der Waals surface area contributed by atoms with E-state index in [1.807, 2.05) is 0 Å². The highest BCUT2D eigenvalue weighted by Gasteiger charge is 2.56. The number of hydrogen-bond donors (Lipinski definition) is 2. The van der Waals surface area contributed by atoms with Crippen molar-refractivity contribution >= 4 is 23.4 Å². The summed E-state index contributed by atoms with van der Waals surface area (Å²) in [6, 6.07) is 7.18. The molecule has 22 heavy (non-hydrogen) atoms. The maximum Gasteiger partial charge on any atom is 0.316 e. The van der Waals surface area contributed by atoms with Crippen LogP contribution in [-0.4, -0.2) is 47.5 Å². The van der Waals surface area contributed by atoms with Gasteiger partial charge >= 0.3 is 6.03 Å². The van der Waals surface area contributed by atoms with Crippen LogP contribution in [0.25, 0.3) is 0 Å². The van der Waals surface area contributed by atoms with Crippen LogP contribution in [0.1, 0.15) is 16.8 Å². The number of rotatable bonds is 4. The van der Waals surface area contributed by atoms with Crippen molar-refractivity contribution in [3.8, 4) is 0 Å². The van der Waals surface area contributed by atoms with E-state index in [1.54, 1.807) is 18.2 Å². The number of likely N-dealkylation sites (tertiary alicyclic amines) is 1. The van der Waals surface area contributed by atoms with E-state index in [4.69, 9.17) is 11.5 Å². The van der Waals surface area contributed by atoms with E-state index >= 15 is 0 Å². The van der Waals surface area contributed by atoms with Gasteiger partial charge in [0.05, 0.1) is 12.3 Å². The summed E-state index contributed by atoms with van der Waals surface area (Å²) in [6.07, 6.45) is -0.146. The number of hydrogen-bond acceptors (Lipinski definition) is 5. The van der Waals surface area contributed by atoms with Gasteiger partial charge in [0.25, 0.3) is 5.91 Å². The van der Waals surface area contributed by atoms with Gasteiger partial charge in [0.2, 0.25) is 0 Å². The van der Waals surface area contributed by atoms with Crippen LogP contribution in [0.15, 0.2) is 35.5 Å². The quantitative estimate of drug-likeness (QED) is 0.456. The molecule has 0 spiro atoms. The van der Waals surface area contributed by atoms with Crippen LogP contribution in [0.3, 0.4) is 0 Å². The third-order valence-corrected chi connectivity index (χ3v) is 3.57. The van der Waals surface area contributed by atoms with Crippen molar-refractivity contribution in [2.45, 2.75) is 12.0 Å². The molecule has 0 aliphatic carbocycles. The minimum absolute atomic E-state index is 0.0926. The average Bonchev–Trinajstić information content (AvgIpc) is 2.89. The fourth-order valence-electron chi connectivity index (χ4n) is 2.58. The number of oxime groups is 1. The molecular formula is C14H16N4O4. The Kier molecular flexibility index (Phi) is 4.11. The van der Waals surface area contributed by atoms with E-state index in [9.17, 15) is 14.4 Å². The van der Waals surface area contributed by atoms with E-state index in [-0.39, 0.29) is 18.5 Å². The summed E-state index contributed by atoms with van der Waals surface area (Å²) in [4.78, 5) is 42.2. The fourth-order valence-corrected chi connectivity index (χ4v) is 2.58. The Bertz CT molecular complexity index is 644. The number of benzene rings is 1. The molecule has 1 atom stereocenters. The van der Waals surface area contributed by atoms with Gasteiger partial charge in [-0.05, 0) is 0 Å². The van der Waals surface area contributed by atoms with Gasteiger partial charge in [0, 0.05) is 12.0 Å². The summed E-state index contributed by atoms with van der Waals surface area (Å²) < 4.78 is 0. The molecular weight excluding hydrogens is 288 g/mol. The lowest BCUT2D eigenvalue weighted by Crippen LogP contribution is -2.62. The molecule has 1 heterocycles. The Morgan fingerprint density at radius 1 is 1.23 bits per heavy atom. The Labute approximate surface area is 126 Å². The molecule has 0 bridgehead atoms. The molecule has 1 aliphatic heterocycles. The molecule has 1 aromatic carbocycles. The Morgan fingerprint density at radius 3 is 2.36 bits per heavy atom. The van der Waals surface area contributed by atoms with Crippen LogP contribution in [0.5, 0.6) is 0 Å². The van der Waals surface area contributed by atoms with Crippen LogP contribution in [0.2, 0.25) is 0 Å². The van der Waals surface area contributed by atoms with Crippen LogP contribution < -0.4 is 11.5 Å².